The molecule has 0 radical (unpaired) electrons. The van der Waals surface area contributed by atoms with E-state index in [1.54, 1.807) is 13.2 Å². The molecule has 7 heteroatoms. The van der Waals surface area contributed by atoms with Crippen molar-refractivity contribution in [2.24, 2.45) is 0 Å². The van der Waals surface area contributed by atoms with Gasteiger partial charge in [-0.1, -0.05) is 0 Å². The molecule has 0 amide bonds. The van der Waals surface area contributed by atoms with E-state index in [1.165, 1.54) is 12.1 Å². The van der Waals surface area contributed by atoms with E-state index in [-0.39, 0.29) is 5.82 Å². The number of rotatable bonds is 4. The Balaban J connectivity index is 1.27. The summed E-state index contributed by atoms with van der Waals surface area (Å²) in [6, 6.07) is 8.70. The Bertz CT molecular complexity index is 1040. The molecule has 5 rings (SSSR count). The number of benzene rings is 2. The van der Waals surface area contributed by atoms with Gasteiger partial charge in [-0.15, -0.1) is 0 Å². The van der Waals surface area contributed by atoms with E-state index in [1.807, 2.05) is 6.07 Å². The first-order valence-electron chi connectivity index (χ1n) is 10.5. The van der Waals surface area contributed by atoms with E-state index in [2.05, 4.69) is 20.9 Å². The number of aromatic amines is 1. The van der Waals surface area contributed by atoms with Crippen LogP contribution in [0.1, 0.15) is 36.6 Å². The van der Waals surface area contributed by atoms with Gasteiger partial charge < -0.3 is 19.2 Å². The number of aromatic nitrogens is 2. The predicted molar refractivity (Wildman–Crippen MR) is 112 cm³/mol. The minimum Gasteiger partial charge on any atom is -0.496 e. The average Bonchev–Trinajstić information content (AvgIpc) is 3.04. The van der Waals surface area contributed by atoms with Gasteiger partial charge in [-0.25, -0.2) is 9.37 Å². The summed E-state index contributed by atoms with van der Waals surface area (Å²) in [5.74, 6) is 3.48. The Kier molecular flexibility index (Phi) is 5.21. The maximum atomic E-state index is 13.5. The smallest absolute Gasteiger partial charge is 0.164 e. The van der Waals surface area contributed by atoms with E-state index < -0.39 is 0 Å². The lowest BCUT2D eigenvalue weighted by Gasteiger charge is -2.31. The number of methoxy groups -OCH3 is 1. The molecule has 3 heterocycles. The van der Waals surface area contributed by atoms with Crippen molar-refractivity contribution in [3.05, 3.63) is 47.5 Å². The van der Waals surface area contributed by atoms with Gasteiger partial charge in [0.15, 0.2) is 11.5 Å². The van der Waals surface area contributed by atoms with Crippen LogP contribution in [0.25, 0.3) is 11.0 Å². The molecule has 2 aliphatic rings. The van der Waals surface area contributed by atoms with Gasteiger partial charge in [0.25, 0.3) is 0 Å². The topological polar surface area (TPSA) is 59.6 Å². The first-order valence-corrected chi connectivity index (χ1v) is 10.5. The molecule has 158 valence electrons. The third-order valence-electron chi connectivity index (χ3n) is 5.98. The van der Waals surface area contributed by atoms with Gasteiger partial charge in [0.1, 0.15) is 17.4 Å². The molecule has 1 fully saturated rings. The maximum Gasteiger partial charge on any atom is 0.164 e. The van der Waals surface area contributed by atoms with Gasteiger partial charge in [0.2, 0.25) is 0 Å². The van der Waals surface area contributed by atoms with Crippen molar-refractivity contribution in [1.82, 2.24) is 14.9 Å². The number of nitrogens with one attached hydrogen (secondary N) is 1. The first kappa shape index (κ1) is 19.2. The Hall–Kier alpha value is -2.80. The average molecular weight is 411 g/mol. The number of halogens is 1. The molecule has 0 atom stereocenters. The van der Waals surface area contributed by atoms with E-state index in [0.29, 0.717) is 19.1 Å². The second-order valence-corrected chi connectivity index (χ2v) is 8.00. The minimum atomic E-state index is -0.239. The maximum absolute atomic E-state index is 13.5. The fraction of sp³-hybridized carbons (Fsp3) is 0.435. The zero-order valence-electron chi connectivity index (χ0n) is 17.1. The molecular formula is C23H26FN3O3. The van der Waals surface area contributed by atoms with Gasteiger partial charge >= 0.3 is 0 Å². The summed E-state index contributed by atoms with van der Waals surface area (Å²) in [7, 11) is 1.69. The summed E-state index contributed by atoms with van der Waals surface area (Å²) >= 11 is 0. The molecule has 30 heavy (non-hydrogen) atoms. The van der Waals surface area contributed by atoms with Crippen molar-refractivity contribution in [1.29, 1.82) is 0 Å². The summed E-state index contributed by atoms with van der Waals surface area (Å²) in [4.78, 5) is 10.4. The van der Waals surface area contributed by atoms with Gasteiger partial charge in [0, 0.05) is 30.5 Å². The van der Waals surface area contributed by atoms with Crippen molar-refractivity contribution in [2.75, 3.05) is 33.4 Å². The van der Waals surface area contributed by atoms with Crippen LogP contribution in [-0.4, -0.2) is 48.3 Å². The highest BCUT2D eigenvalue weighted by atomic mass is 19.1. The summed E-state index contributed by atoms with van der Waals surface area (Å²) in [6.45, 7) is 4.07. The second-order valence-electron chi connectivity index (χ2n) is 8.00. The molecule has 0 unspecified atom stereocenters. The van der Waals surface area contributed by atoms with Crippen molar-refractivity contribution in [3.63, 3.8) is 0 Å². The van der Waals surface area contributed by atoms with Crippen LogP contribution in [0.15, 0.2) is 30.3 Å². The summed E-state index contributed by atoms with van der Waals surface area (Å²) < 4.78 is 30.7. The van der Waals surface area contributed by atoms with E-state index in [4.69, 9.17) is 14.2 Å². The quantitative estimate of drug-likeness (QED) is 0.696. The van der Waals surface area contributed by atoms with Crippen LogP contribution in [0.2, 0.25) is 0 Å². The number of fused-ring (bicyclic) bond motifs is 2. The lowest BCUT2D eigenvalue weighted by atomic mass is 9.95. The molecule has 2 aliphatic heterocycles. The van der Waals surface area contributed by atoms with Gasteiger partial charge in [0.05, 0.1) is 31.4 Å². The predicted octanol–water partition coefficient (Wildman–Crippen LogP) is 4.25. The molecule has 3 aromatic rings. The van der Waals surface area contributed by atoms with Crippen molar-refractivity contribution in [2.45, 2.75) is 31.7 Å². The summed E-state index contributed by atoms with van der Waals surface area (Å²) in [5, 5.41) is 0. The molecule has 0 saturated carbocycles. The zero-order chi connectivity index (χ0) is 20.5. The number of ether oxygens (including phenoxy) is 3. The van der Waals surface area contributed by atoms with E-state index in [9.17, 15) is 4.39 Å². The Morgan fingerprint density at radius 2 is 1.90 bits per heavy atom. The number of nitrogens with zero attached hydrogens (tertiary/aromatic N) is 2. The Labute approximate surface area is 175 Å². The highest BCUT2D eigenvalue weighted by Crippen LogP contribution is 2.37. The van der Waals surface area contributed by atoms with Crippen LogP contribution < -0.4 is 14.2 Å². The summed E-state index contributed by atoms with van der Waals surface area (Å²) in [5.41, 5.74) is 2.70. The SMILES string of the molecule is COc1cc2c(cc1CN1CCC(c3nc4ccc(F)cc4[nH]3)CC1)OCCCO2. The molecule has 1 saturated heterocycles. The van der Waals surface area contributed by atoms with Gasteiger partial charge in [-0.3, -0.25) is 4.90 Å². The molecule has 0 aliphatic carbocycles. The third kappa shape index (κ3) is 3.81. The van der Waals surface area contributed by atoms with Crippen LogP contribution >= 0.6 is 0 Å². The number of imidazole rings is 1. The van der Waals surface area contributed by atoms with Gasteiger partial charge in [-0.05, 0) is 50.2 Å². The number of H-pyrrole nitrogens is 1. The van der Waals surface area contributed by atoms with Crippen LogP contribution in [0.4, 0.5) is 4.39 Å². The zero-order valence-corrected chi connectivity index (χ0v) is 17.1. The normalized spacial score (nSPS) is 17.8. The largest absolute Gasteiger partial charge is 0.496 e. The lowest BCUT2D eigenvalue weighted by Crippen LogP contribution is -2.32. The Morgan fingerprint density at radius 3 is 2.67 bits per heavy atom. The number of piperidine rings is 1. The van der Waals surface area contributed by atoms with E-state index >= 15 is 0 Å². The molecule has 1 aromatic heterocycles. The molecule has 6 nitrogen and oxygen atoms in total. The minimum absolute atomic E-state index is 0.239. The molecule has 2 aromatic carbocycles. The summed E-state index contributed by atoms with van der Waals surface area (Å²) in [6.07, 6.45) is 2.90. The van der Waals surface area contributed by atoms with Crippen molar-refractivity contribution < 1.29 is 18.6 Å². The van der Waals surface area contributed by atoms with Crippen LogP contribution in [0, 0.1) is 5.82 Å². The van der Waals surface area contributed by atoms with E-state index in [0.717, 1.165) is 78.6 Å². The van der Waals surface area contributed by atoms with Gasteiger partial charge in [-0.2, -0.15) is 0 Å². The van der Waals surface area contributed by atoms with Crippen molar-refractivity contribution >= 4 is 11.0 Å². The Morgan fingerprint density at radius 1 is 1.13 bits per heavy atom. The molecule has 1 N–H and O–H groups in total. The third-order valence-corrected chi connectivity index (χ3v) is 5.98. The first-order chi connectivity index (χ1) is 14.7. The molecular weight excluding hydrogens is 385 g/mol. The highest BCUT2D eigenvalue weighted by molar-refractivity contribution is 5.75. The van der Waals surface area contributed by atoms with Crippen LogP contribution in [-0.2, 0) is 6.54 Å². The molecule has 0 bridgehead atoms. The number of hydrogen-bond donors (Lipinski definition) is 1. The van der Waals surface area contributed by atoms with Crippen LogP contribution in [0.5, 0.6) is 17.2 Å². The molecule has 0 spiro atoms. The van der Waals surface area contributed by atoms with Crippen LogP contribution in [0.3, 0.4) is 0 Å². The fourth-order valence-electron chi connectivity index (χ4n) is 4.35. The standard InChI is InChI=1S/C23H26FN3O3/c1-28-20-13-22-21(29-9-2-10-30-22)11-16(20)14-27-7-5-15(6-8-27)23-25-18-4-3-17(24)12-19(18)26-23/h3-4,11-13,15H,2,5-10,14H2,1H3,(H,25,26). The monoisotopic (exact) mass is 411 g/mol. The van der Waals surface area contributed by atoms with Crippen molar-refractivity contribution in [3.8, 4) is 17.2 Å². The second kappa shape index (κ2) is 8.14. The number of likely N-dealkylation sites (tertiary alicyclic amines) is 1. The highest BCUT2D eigenvalue weighted by Gasteiger charge is 2.25. The number of hydrogen-bond acceptors (Lipinski definition) is 5. The fourth-order valence-corrected chi connectivity index (χ4v) is 4.35. The lowest BCUT2D eigenvalue weighted by molar-refractivity contribution is 0.199.